The molecule has 0 aromatic carbocycles. The van der Waals surface area contributed by atoms with Gasteiger partial charge in [-0.05, 0) is 30.6 Å². The minimum absolute atomic E-state index is 0.0162. The zero-order valence-electron chi connectivity index (χ0n) is 10.8. The Morgan fingerprint density at radius 2 is 2.12 bits per heavy atom. The standard InChI is InChI=1S/C15H19NO/c1-10-6-7-12-14(2,3)13(17)11(16-5)9-15(12,4)8-10/h9,12H,1,6-8H2,2-4H3/t12-,15-/m1/s1. The summed E-state index contributed by atoms with van der Waals surface area (Å²) in [4.78, 5) is 15.7. The van der Waals surface area contributed by atoms with E-state index in [1.807, 2.05) is 19.9 Å². The van der Waals surface area contributed by atoms with Crippen molar-refractivity contribution in [2.45, 2.75) is 40.0 Å². The maximum Gasteiger partial charge on any atom is 0.226 e. The van der Waals surface area contributed by atoms with Crippen molar-refractivity contribution in [1.29, 1.82) is 0 Å². The van der Waals surface area contributed by atoms with E-state index in [9.17, 15) is 4.79 Å². The van der Waals surface area contributed by atoms with E-state index in [2.05, 4.69) is 18.3 Å². The lowest BCUT2D eigenvalue weighted by atomic mass is 9.53. The second kappa shape index (κ2) is 3.57. The predicted molar refractivity (Wildman–Crippen MR) is 68.1 cm³/mol. The van der Waals surface area contributed by atoms with Crippen molar-refractivity contribution < 1.29 is 4.79 Å². The molecule has 0 heterocycles. The smallest absolute Gasteiger partial charge is 0.226 e. The Kier molecular flexibility index (Phi) is 2.54. The van der Waals surface area contributed by atoms with Gasteiger partial charge < -0.3 is 4.79 Å². The second-order valence-electron chi connectivity index (χ2n) is 6.22. The Balaban J connectivity index is 2.55. The number of carbonyl (C=O) groups is 1. The summed E-state index contributed by atoms with van der Waals surface area (Å²) in [6, 6.07) is 0. The highest BCUT2D eigenvalue weighted by Crippen LogP contribution is 2.56. The first-order valence-corrected chi connectivity index (χ1v) is 6.13. The molecule has 2 aliphatic carbocycles. The SMILES string of the molecule is [C-]#[N+]C1=C[C@@]2(C)CC(=C)CC[C@@H]2C(C)(C)C1=O. The van der Waals surface area contributed by atoms with Crippen molar-refractivity contribution in [3.63, 3.8) is 0 Å². The van der Waals surface area contributed by atoms with Gasteiger partial charge in [-0.25, -0.2) is 4.85 Å². The third-order valence-corrected chi connectivity index (χ3v) is 4.49. The first kappa shape index (κ1) is 12.1. The molecule has 2 rings (SSSR count). The molecule has 0 unspecified atom stereocenters. The van der Waals surface area contributed by atoms with E-state index in [1.165, 1.54) is 5.57 Å². The van der Waals surface area contributed by atoms with Crippen LogP contribution in [0.4, 0.5) is 0 Å². The third-order valence-electron chi connectivity index (χ3n) is 4.49. The second-order valence-corrected chi connectivity index (χ2v) is 6.22. The van der Waals surface area contributed by atoms with Crippen LogP contribution in [0.1, 0.15) is 40.0 Å². The summed E-state index contributed by atoms with van der Waals surface area (Å²) in [7, 11) is 0. The van der Waals surface area contributed by atoms with Gasteiger partial charge in [-0.2, -0.15) is 0 Å². The molecule has 0 bridgehead atoms. The first-order valence-electron chi connectivity index (χ1n) is 6.13. The first-order chi connectivity index (χ1) is 7.81. The molecule has 0 saturated heterocycles. The molecule has 0 amide bonds. The van der Waals surface area contributed by atoms with Crippen LogP contribution in [0.3, 0.4) is 0 Å². The van der Waals surface area contributed by atoms with Crippen LogP contribution in [0, 0.1) is 23.3 Å². The van der Waals surface area contributed by atoms with Crippen molar-refractivity contribution >= 4 is 5.78 Å². The number of fused-ring (bicyclic) bond motifs is 1. The van der Waals surface area contributed by atoms with Gasteiger partial charge in [-0.15, -0.1) is 0 Å². The fourth-order valence-electron chi connectivity index (χ4n) is 3.71. The van der Waals surface area contributed by atoms with Crippen molar-refractivity contribution in [2.24, 2.45) is 16.7 Å². The van der Waals surface area contributed by atoms with E-state index in [0.29, 0.717) is 11.6 Å². The summed E-state index contributed by atoms with van der Waals surface area (Å²) in [6.45, 7) is 17.4. The number of carbonyl (C=O) groups excluding carboxylic acids is 1. The minimum atomic E-state index is -0.413. The van der Waals surface area contributed by atoms with Crippen LogP contribution >= 0.6 is 0 Å². The summed E-state index contributed by atoms with van der Waals surface area (Å²) in [5.41, 5.74) is 1.09. The molecule has 1 fully saturated rings. The van der Waals surface area contributed by atoms with Gasteiger partial charge in [0.05, 0.1) is 6.57 Å². The number of ketones is 1. The number of hydrogen-bond acceptors (Lipinski definition) is 1. The van der Waals surface area contributed by atoms with Gasteiger partial charge in [0.25, 0.3) is 0 Å². The molecule has 0 N–H and O–H groups in total. The Morgan fingerprint density at radius 3 is 2.71 bits per heavy atom. The Hall–Kier alpha value is -1.36. The number of Topliss-reactive ketones (excluding diaryl/α,β-unsaturated/α-hetero) is 1. The van der Waals surface area contributed by atoms with E-state index in [1.54, 1.807) is 0 Å². The Labute approximate surface area is 103 Å². The highest BCUT2D eigenvalue weighted by molar-refractivity contribution is 6.02. The largest absolute Gasteiger partial charge is 0.307 e. The number of allylic oxidation sites excluding steroid dienone is 3. The molecule has 2 atom stereocenters. The van der Waals surface area contributed by atoms with Crippen LogP contribution in [-0.2, 0) is 4.79 Å². The topological polar surface area (TPSA) is 21.4 Å². The van der Waals surface area contributed by atoms with Gasteiger partial charge in [0.1, 0.15) is 0 Å². The van der Waals surface area contributed by atoms with E-state index < -0.39 is 5.41 Å². The van der Waals surface area contributed by atoms with Crippen molar-refractivity contribution in [2.75, 3.05) is 0 Å². The van der Waals surface area contributed by atoms with Crippen LogP contribution in [0.15, 0.2) is 23.9 Å². The normalized spacial score (nSPS) is 35.9. The monoisotopic (exact) mass is 229 g/mol. The van der Waals surface area contributed by atoms with E-state index in [0.717, 1.165) is 19.3 Å². The zero-order chi connectivity index (χ0) is 12.8. The zero-order valence-corrected chi connectivity index (χ0v) is 10.8. The maximum absolute atomic E-state index is 12.3. The average Bonchev–Trinajstić information content (AvgIpc) is 2.23. The van der Waals surface area contributed by atoms with Crippen molar-refractivity contribution in [1.82, 2.24) is 0 Å². The summed E-state index contributed by atoms with van der Waals surface area (Å²) < 4.78 is 0. The highest BCUT2D eigenvalue weighted by atomic mass is 16.1. The molecule has 0 radical (unpaired) electrons. The van der Waals surface area contributed by atoms with Gasteiger partial charge in [-0.1, -0.05) is 39.0 Å². The molecule has 17 heavy (non-hydrogen) atoms. The van der Waals surface area contributed by atoms with Gasteiger partial charge in [0.2, 0.25) is 5.70 Å². The lowest BCUT2D eigenvalue weighted by Crippen LogP contribution is -2.48. The predicted octanol–water partition coefficient (Wildman–Crippen LogP) is 3.76. The summed E-state index contributed by atoms with van der Waals surface area (Å²) in [6.07, 6.45) is 4.84. The fourth-order valence-corrected chi connectivity index (χ4v) is 3.71. The minimum Gasteiger partial charge on any atom is -0.307 e. The van der Waals surface area contributed by atoms with Crippen LogP contribution < -0.4 is 0 Å². The van der Waals surface area contributed by atoms with Gasteiger partial charge in [0, 0.05) is 5.41 Å². The molecule has 2 aliphatic rings. The average molecular weight is 229 g/mol. The molecule has 0 spiro atoms. The molecule has 1 saturated carbocycles. The fraction of sp³-hybridized carbons (Fsp3) is 0.600. The van der Waals surface area contributed by atoms with Crippen molar-refractivity contribution in [3.05, 3.63) is 35.3 Å². The van der Waals surface area contributed by atoms with Crippen LogP contribution in [0.5, 0.6) is 0 Å². The molecular formula is C15H19NO. The van der Waals surface area contributed by atoms with Crippen LogP contribution in [0.25, 0.3) is 4.85 Å². The summed E-state index contributed by atoms with van der Waals surface area (Å²) >= 11 is 0. The molecule has 2 nitrogen and oxygen atoms in total. The Bertz CT molecular complexity index is 464. The molecule has 0 aromatic heterocycles. The lowest BCUT2D eigenvalue weighted by Gasteiger charge is -2.51. The van der Waals surface area contributed by atoms with Gasteiger partial charge in [-0.3, -0.25) is 0 Å². The van der Waals surface area contributed by atoms with Gasteiger partial charge in [0.15, 0.2) is 5.78 Å². The quantitative estimate of drug-likeness (QED) is 0.458. The van der Waals surface area contributed by atoms with Crippen LogP contribution in [-0.4, -0.2) is 5.78 Å². The molecule has 2 heteroatoms. The number of rotatable bonds is 0. The summed E-state index contributed by atoms with van der Waals surface area (Å²) in [5.74, 6) is 0.348. The lowest BCUT2D eigenvalue weighted by molar-refractivity contribution is -0.130. The molecular weight excluding hydrogens is 210 g/mol. The van der Waals surface area contributed by atoms with E-state index in [4.69, 9.17) is 6.57 Å². The maximum atomic E-state index is 12.3. The number of hydrogen-bond donors (Lipinski definition) is 0. The van der Waals surface area contributed by atoms with Crippen molar-refractivity contribution in [3.8, 4) is 0 Å². The molecule has 0 aromatic rings. The third kappa shape index (κ3) is 1.65. The van der Waals surface area contributed by atoms with E-state index in [-0.39, 0.29) is 11.2 Å². The molecule has 0 aliphatic heterocycles. The van der Waals surface area contributed by atoms with Crippen LogP contribution in [0.2, 0.25) is 0 Å². The van der Waals surface area contributed by atoms with Gasteiger partial charge >= 0.3 is 0 Å². The number of nitrogens with zero attached hydrogens (tertiary/aromatic N) is 1. The highest BCUT2D eigenvalue weighted by Gasteiger charge is 2.52. The summed E-state index contributed by atoms with van der Waals surface area (Å²) in [5, 5.41) is 0. The molecule has 90 valence electrons. The van der Waals surface area contributed by atoms with E-state index >= 15 is 0 Å². The Morgan fingerprint density at radius 1 is 1.47 bits per heavy atom.